The van der Waals surface area contributed by atoms with E-state index in [2.05, 4.69) is 20.8 Å². The molecule has 4 aliphatic carbocycles. The van der Waals surface area contributed by atoms with Crippen LogP contribution in [0, 0.1) is 34.5 Å². The van der Waals surface area contributed by atoms with Crippen LogP contribution in [0.1, 0.15) is 85.5 Å². The summed E-state index contributed by atoms with van der Waals surface area (Å²) in [5.74, 6) is 0.435. The minimum absolute atomic E-state index is 0.00453. The van der Waals surface area contributed by atoms with Gasteiger partial charge in [0, 0.05) is 11.3 Å². The molecule has 3 saturated carbocycles. The van der Waals surface area contributed by atoms with E-state index in [1.165, 1.54) is 0 Å². The van der Waals surface area contributed by atoms with Gasteiger partial charge in [0.1, 0.15) is 0 Å². The van der Waals surface area contributed by atoms with Gasteiger partial charge in [-0.2, -0.15) is 0 Å². The van der Waals surface area contributed by atoms with Gasteiger partial charge in [-0.05, 0) is 86.7 Å². The summed E-state index contributed by atoms with van der Waals surface area (Å²) in [7, 11) is 0. The molecule has 6 nitrogen and oxygen atoms in total. The first-order valence-electron chi connectivity index (χ1n) is 13.0. The molecular weight excluding hydrogens is 420 g/mol. The number of carbonyl (C=O) groups excluding carboxylic acids is 1. The SMILES string of the molecule is C[C@H](CCCC(C)(O)CO)[C@H]1CC[C@@]2(O)C3=CC(=O)[C@@H]4C[C@@H](O)[C@@H](O)C[C@]4(C)[C@H]3CC[C@]12C. The Hall–Kier alpha value is -0.790. The standard InChI is InChI=1S/C27H44O6/c1-16(6-5-9-24(2,32)15-28)17-8-11-27(33)19-12-21(29)20-13-22(30)23(31)14-25(20,3)18(19)7-10-26(17,27)4/h12,16-18,20,22-23,28,30-33H,5-11,13-15H2,1-4H3/t16-,17-,18+,20+,22-,23+,24?,25-,26-,27-/m1/s1. The van der Waals surface area contributed by atoms with Gasteiger partial charge in [0.05, 0.1) is 30.0 Å². The summed E-state index contributed by atoms with van der Waals surface area (Å²) in [4.78, 5) is 13.2. The average Bonchev–Trinajstić information content (AvgIpc) is 3.02. The lowest BCUT2D eigenvalue weighted by Crippen LogP contribution is -2.60. The molecule has 0 saturated heterocycles. The van der Waals surface area contributed by atoms with Crippen molar-refractivity contribution >= 4 is 5.78 Å². The molecule has 0 spiro atoms. The Labute approximate surface area is 198 Å². The van der Waals surface area contributed by atoms with E-state index in [4.69, 9.17) is 0 Å². The molecule has 6 heteroatoms. The molecule has 0 aliphatic heterocycles. The first-order chi connectivity index (χ1) is 15.3. The summed E-state index contributed by atoms with van der Waals surface area (Å²) in [5, 5.41) is 52.3. The van der Waals surface area contributed by atoms with Crippen molar-refractivity contribution in [1.82, 2.24) is 0 Å². The van der Waals surface area contributed by atoms with Crippen molar-refractivity contribution in [2.75, 3.05) is 6.61 Å². The summed E-state index contributed by atoms with van der Waals surface area (Å²) < 4.78 is 0. The first kappa shape index (κ1) is 25.3. The lowest BCUT2D eigenvalue weighted by atomic mass is 9.46. The molecule has 1 unspecified atom stereocenters. The van der Waals surface area contributed by atoms with Crippen LogP contribution in [0.4, 0.5) is 0 Å². The summed E-state index contributed by atoms with van der Waals surface area (Å²) in [6, 6.07) is 0. The molecule has 0 aromatic heterocycles. The Bertz CT molecular complexity index is 806. The van der Waals surface area contributed by atoms with Crippen molar-refractivity contribution in [2.24, 2.45) is 34.5 Å². The fourth-order valence-electron chi connectivity index (χ4n) is 8.41. The largest absolute Gasteiger partial charge is 0.393 e. The van der Waals surface area contributed by atoms with Gasteiger partial charge in [0.15, 0.2) is 5.78 Å². The third-order valence-corrected chi connectivity index (χ3v) is 10.6. The molecule has 0 bridgehead atoms. The van der Waals surface area contributed by atoms with Crippen molar-refractivity contribution < 1.29 is 30.3 Å². The smallest absolute Gasteiger partial charge is 0.159 e. The minimum atomic E-state index is -1.05. The zero-order chi connectivity index (χ0) is 24.4. The van der Waals surface area contributed by atoms with Gasteiger partial charge < -0.3 is 25.5 Å². The van der Waals surface area contributed by atoms with Gasteiger partial charge >= 0.3 is 0 Å². The molecule has 4 aliphatic rings. The van der Waals surface area contributed by atoms with Crippen LogP contribution in [0.5, 0.6) is 0 Å². The number of carbonyl (C=O) groups is 1. The normalized spacial score (nSPS) is 47.7. The molecule has 4 rings (SSSR count). The van der Waals surface area contributed by atoms with E-state index in [1.807, 2.05) is 0 Å². The first-order valence-corrected chi connectivity index (χ1v) is 13.0. The predicted octanol–water partition coefficient (Wildman–Crippen LogP) is 2.74. The number of ketones is 1. The van der Waals surface area contributed by atoms with E-state index in [0.717, 1.165) is 37.7 Å². The zero-order valence-electron chi connectivity index (χ0n) is 20.8. The van der Waals surface area contributed by atoms with E-state index in [9.17, 15) is 30.3 Å². The number of allylic oxidation sites excluding steroid dienone is 1. The van der Waals surface area contributed by atoms with Crippen molar-refractivity contribution in [3.05, 3.63) is 11.6 Å². The Balaban J connectivity index is 1.57. The van der Waals surface area contributed by atoms with Crippen LogP contribution < -0.4 is 0 Å². The molecule has 0 heterocycles. The molecule has 10 atom stereocenters. The van der Waals surface area contributed by atoms with Crippen LogP contribution in [0.3, 0.4) is 0 Å². The van der Waals surface area contributed by atoms with E-state index >= 15 is 0 Å². The molecule has 0 aromatic carbocycles. The second kappa shape index (κ2) is 8.41. The summed E-state index contributed by atoms with van der Waals surface area (Å²) in [6.45, 7) is 7.93. The number of hydrogen-bond donors (Lipinski definition) is 5. The molecule has 0 amide bonds. The summed E-state index contributed by atoms with van der Waals surface area (Å²) in [5.41, 5.74) is -1.94. The third kappa shape index (κ3) is 3.85. The van der Waals surface area contributed by atoms with Gasteiger partial charge in [0.25, 0.3) is 0 Å². The maximum absolute atomic E-state index is 13.2. The summed E-state index contributed by atoms with van der Waals surface area (Å²) in [6.07, 6.45) is 6.34. The highest BCUT2D eigenvalue weighted by Gasteiger charge is 2.66. The Morgan fingerprint density at radius 2 is 1.85 bits per heavy atom. The van der Waals surface area contributed by atoms with Gasteiger partial charge in [0.2, 0.25) is 0 Å². The number of fused-ring (bicyclic) bond motifs is 5. The van der Waals surface area contributed by atoms with Crippen LogP contribution in [0.2, 0.25) is 0 Å². The lowest BCUT2D eigenvalue weighted by Gasteiger charge is -2.60. The molecule has 0 aromatic rings. The Morgan fingerprint density at radius 3 is 2.52 bits per heavy atom. The molecular formula is C27H44O6. The lowest BCUT2D eigenvalue weighted by molar-refractivity contribution is -0.153. The van der Waals surface area contributed by atoms with E-state index in [-0.39, 0.29) is 29.6 Å². The summed E-state index contributed by atoms with van der Waals surface area (Å²) >= 11 is 0. The van der Waals surface area contributed by atoms with Crippen LogP contribution in [-0.4, -0.2) is 61.3 Å². The highest BCUT2D eigenvalue weighted by atomic mass is 16.3. The van der Waals surface area contributed by atoms with E-state index in [0.29, 0.717) is 37.5 Å². The Morgan fingerprint density at radius 1 is 1.15 bits per heavy atom. The maximum atomic E-state index is 13.2. The fourth-order valence-corrected chi connectivity index (χ4v) is 8.41. The van der Waals surface area contributed by atoms with Gasteiger partial charge in [-0.3, -0.25) is 4.79 Å². The number of aliphatic hydroxyl groups is 5. The monoisotopic (exact) mass is 464 g/mol. The molecule has 188 valence electrons. The van der Waals surface area contributed by atoms with E-state index < -0.39 is 28.8 Å². The Kier molecular flexibility index (Phi) is 6.45. The van der Waals surface area contributed by atoms with Gasteiger partial charge in [-0.1, -0.05) is 33.6 Å². The minimum Gasteiger partial charge on any atom is -0.393 e. The molecule has 33 heavy (non-hydrogen) atoms. The van der Waals surface area contributed by atoms with Gasteiger partial charge in [-0.25, -0.2) is 0 Å². The van der Waals surface area contributed by atoms with Crippen LogP contribution in [0.15, 0.2) is 11.6 Å². The maximum Gasteiger partial charge on any atom is 0.159 e. The van der Waals surface area contributed by atoms with Crippen molar-refractivity contribution in [3.8, 4) is 0 Å². The quantitative estimate of drug-likeness (QED) is 0.413. The second-order valence-corrected chi connectivity index (χ2v) is 12.7. The predicted molar refractivity (Wildman–Crippen MR) is 125 cm³/mol. The van der Waals surface area contributed by atoms with Crippen molar-refractivity contribution in [2.45, 2.75) is 109 Å². The van der Waals surface area contributed by atoms with Crippen LogP contribution in [0.25, 0.3) is 0 Å². The molecule has 5 N–H and O–H groups in total. The second-order valence-electron chi connectivity index (χ2n) is 12.7. The highest BCUT2D eigenvalue weighted by Crippen LogP contribution is 2.68. The number of aliphatic hydroxyl groups excluding tert-OH is 3. The van der Waals surface area contributed by atoms with Crippen molar-refractivity contribution in [3.63, 3.8) is 0 Å². The van der Waals surface area contributed by atoms with Crippen LogP contribution >= 0.6 is 0 Å². The fraction of sp³-hybridized carbons (Fsp3) is 0.889. The van der Waals surface area contributed by atoms with Gasteiger partial charge in [-0.15, -0.1) is 0 Å². The van der Waals surface area contributed by atoms with Crippen molar-refractivity contribution in [1.29, 1.82) is 0 Å². The van der Waals surface area contributed by atoms with E-state index in [1.54, 1.807) is 13.0 Å². The highest BCUT2D eigenvalue weighted by molar-refractivity contribution is 5.95. The third-order valence-electron chi connectivity index (χ3n) is 10.6. The topological polar surface area (TPSA) is 118 Å². The average molecular weight is 465 g/mol. The number of rotatable bonds is 6. The number of hydrogen-bond acceptors (Lipinski definition) is 6. The molecule has 0 radical (unpaired) electrons. The zero-order valence-corrected chi connectivity index (χ0v) is 20.8. The molecule has 3 fully saturated rings. The van der Waals surface area contributed by atoms with Crippen LogP contribution in [-0.2, 0) is 4.79 Å².